The van der Waals surface area contributed by atoms with Gasteiger partial charge in [0.1, 0.15) is 5.69 Å². The number of ether oxygens (including phenoxy) is 1. The fourth-order valence-corrected chi connectivity index (χ4v) is 1.63. The second kappa shape index (κ2) is 7.64. The van der Waals surface area contributed by atoms with Crippen molar-refractivity contribution >= 4 is 28.7 Å². The lowest BCUT2D eigenvalue weighted by molar-refractivity contribution is -0.111. The Balaban J connectivity index is 2.59. The van der Waals surface area contributed by atoms with Crippen LogP contribution in [-0.2, 0) is 16.6 Å². The quantitative estimate of drug-likeness (QED) is 0.458. The Kier molecular flexibility index (Phi) is 6.17. The van der Waals surface area contributed by atoms with Gasteiger partial charge in [-0.2, -0.15) is 5.10 Å². The molecule has 0 radical (unpaired) electrons. The molecule has 1 rings (SSSR count). The van der Waals surface area contributed by atoms with Gasteiger partial charge in [-0.25, -0.2) is 4.79 Å². The third-order valence-corrected chi connectivity index (χ3v) is 2.62. The maximum Gasteiger partial charge on any atom is 0.356 e. The Hall–Kier alpha value is -1.89. The van der Waals surface area contributed by atoms with Gasteiger partial charge in [0.15, 0.2) is 5.69 Å². The summed E-state index contributed by atoms with van der Waals surface area (Å²) in [6, 6.07) is 1.36. The van der Waals surface area contributed by atoms with Gasteiger partial charge < -0.3 is 10.1 Å². The predicted molar refractivity (Wildman–Crippen MR) is 71.6 cm³/mol. The maximum atomic E-state index is 11.8. The highest BCUT2D eigenvalue weighted by molar-refractivity contribution is 6.63. The van der Waals surface area contributed by atoms with Gasteiger partial charge in [-0.1, -0.05) is 0 Å². The van der Waals surface area contributed by atoms with Crippen molar-refractivity contribution in [1.82, 2.24) is 15.1 Å². The summed E-state index contributed by atoms with van der Waals surface area (Å²) in [6.45, 7) is 2.25. The summed E-state index contributed by atoms with van der Waals surface area (Å²) in [5.74, 6) is -0.951. The topological polar surface area (TPSA) is 90.3 Å². The predicted octanol–water partition coefficient (Wildman–Crippen LogP) is 0.872. The summed E-state index contributed by atoms with van der Waals surface area (Å²) in [7, 11) is 1.55. The number of amides is 1. The Labute approximate surface area is 121 Å². The second-order valence-corrected chi connectivity index (χ2v) is 4.40. The monoisotopic (exact) mass is 301 g/mol. The van der Waals surface area contributed by atoms with Crippen molar-refractivity contribution in [3.63, 3.8) is 0 Å². The molecule has 0 fully saturated rings. The van der Waals surface area contributed by atoms with E-state index in [1.807, 2.05) is 0 Å². The zero-order valence-electron chi connectivity index (χ0n) is 11.3. The van der Waals surface area contributed by atoms with Crippen LogP contribution >= 0.6 is 11.6 Å². The molecule has 0 spiro atoms. The van der Waals surface area contributed by atoms with Crippen molar-refractivity contribution < 1.29 is 19.1 Å². The van der Waals surface area contributed by atoms with Gasteiger partial charge in [-0.3, -0.25) is 14.3 Å². The van der Waals surface area contributed by atoms with Gasteiger partial charge in [0.05, 0.1) is 6.61 Å². The van der Waals surface area contributed by atoms with Crippen LogP contribution in [0.2, 0.25) is 0 Å². The van der Waals surface area contributed by atoms with Crippen molar-refractivity contribution in [1.29, 1.82) is 0 Å². The molecule has 0 aromatic carbocycles. The largest absolute Gasteiger partial charge is 0.461 e. The lowest BCUT2D eigenvalue weighted by Gasteiger charge is -2.00. The van der Waals surface area contributed by atoms with Crippen LogP contribution in [0.15, 0.2) is 6.07 Å². The molecule has 20 heavy (non-hydrogen) atoms. The number of nitrogens with one attached hydrogen (secondary N) is 1. The lowest BCUT2D eigenvalue weighted by Crippen LogP contribution is -2.25. The highest BCUT2D eigenvalue weighted by Gasteiger charge is 2.18. The van der Waals surface area contributed by atoms with Gasteiger partial charge in [-0.15, -0.1) is 0 Å². The van der Waals surface area contributed by atoms with Crippen molar-refractivity contribution in [3.05, 3.63) is 17.5 Å². The number of hydrogen-bond acceptors (Lipinski definition) is 5. The molecule has 0 bridgehead atoms. The minimum Gasteiger partial charge on any atom is -0.461 e. The van der Waals surface area contributed by atoms with Gasteiger partial charge >= 0.3 is 5.97 Å². The van der Waals surface area contributed by atoms with E-state index in [1.165, 1.54) is 10.7 Å². The minimum absolute atomic E-state index is 0.118. The molecule has 0 saturated carbocycles. The number of halogens is 1. The first-order valence-electron chi connectivity index (χ1n) is 6.13. The summed E-state index contributed by atoms with van der Waals surface area (Å²) in [4.78, 5) is 33.9. The Morgan fingerprint density at radius 3 is 2.75 bits per heavy atom. The summed E-state index contributed by atoms with van der Waals surface area (Å²) >= 11 is 5.18. The van der Waals surface area contributed by atoms with Gasteiger partial charge in [0.2, 0.25) is 5.24 Å². The van der Waals surface area contributed by atoms with Crippen molar-refractivity contribution in [3.8, 4) is 0 Å². The van der Waals surface area contributed by atoms with Crippen LogP contribution in [-0.4, -0.2) is 40.1 Å². The summed E-state index contributed by atoms with van der Waals surface area (Å²) in [5.41, 5.74) is 0.320. The van der Waals surface area contributed by atoms with Gasteiger partial charge in [0.25, 0.3) is 5.91 Å². The minimum atomic E-state index is -0.533. The molecule has 0 unspecified atom stereocenters. The number of esters is 1. The van der Waals surface area contributed by atoms with Crippen molar-refractivity contribution in [2.24, 2.45) is 7.05 Å². The number of carbonyl (C=O) groups excluding carboxylic acids is 3. The first-order valence-corrected chi connectivity index (χ1v) is 6.51. The molecule has 0 aliphatic rings. The molecule has 8 heteroatoms. The molecular weight excluding hydrogens is 286 g/mol. The SMILES string of the molecule is CCOC(=O)c1cc(C(=O)NCCCC(=O)Cl)nn1C. The standard InChI is InChI=1S/C12H16ClN3O4/c1-3-20-12(19)9-7-8(15-16(9)2)11(18)14-6-4-5-10(13)17/h7H,3-6H2,1-2H3,(H,14,18). The molecule has 1 aromatic rings. The van der Waals surface area contributed by atoms with Gasteiger partial charge in [-0.05, 0) is 24.9 Å². The number of nitrogens with zero attached hydrogens (tertiary/aromatic N) is 2. The van der Waals surface area contributed by atoms with E-state index >= 15 is 0 Å². The molecular formula is C12H16ClN3O4. The van der Waals surface area contributed by atoms with E-state index in [4.69, 9.17) is 16.3 Å². The van der Waals surface area contributed by atoms with E-state index in [2.05, 4.69) is 10.4 Å². The Morgan fingerprint density at radius 1 is 1.45 bits per heavy atom. The molecule has 1 amide bonds. The van der Waals surface area contributed by atoms with Crippen LogP contribution in [0.1, 0.15) is 40.7 Å². The third-order valence-electron chi connectivity index (χ3n) is 2.43. The fraction of sp³-hybridized carbons (Fsp3) is 0.500. The number of hydrogen-bond donors (Lipinski definition) is 1. The second-order valence-electron chi connectivity index (χ2n) is 3.97. The van der Waals surface area contributed by atoms with E-state index in [9.17, 15) is 14.4 Å². The normalized spacial score (nSPS) is 10.2. The fourth-order valence-electron chi connectivity index (χ4n) is 1.49. The molecule has 1 N–H and O–H groups in total. The summed E-state index contributed by atoms with van der Waals surface area (Å²) in [6.07, 6.45) is 0.643. The summed E-state index contributed by atoms with van der Waals surface area (Å²) in [5, 5.41) is 6.08. The molecule has 0 aliphatic carbocycles. The van der Waals surface area contributed by atoms with E-state index in [-0.39, 0.29) is 24.4 Å². The maximum absolute atomic E-state index is 11.8. The molecule has 110 valence electrons. The van der Waals surface area contributed by atoms with Crippen molar-refractivity contribution in [2.45, 2.75) is 19.8 Å². The molecule has 0 saturated heterocycles. The number of aromatic nitrogens is 2. The van der Waals surface area contributed by atoms with Crippen LogP contribution in [0, 0.1) is 0 Å². The highest BCUT2D eigenvalue weighted by Crippen LogP contribution is 2.05. The summed E-state index contributed by atoms with van der Waals surface area (Å²) < 4.78 is 6.13. The van der Waals surface area contributed by atoms with Crippen LogP contribution in [0.4, 0.5) is 0 Å². The van der Waals surface area contributed by atoms with E-state index in [0.29, 0.717) is 13.0 Å². The number of rotatable bonds is 7. The first-order chi connectivity index (χ1) is 9.45. The molecule has 1 aromatic heterocycles. The van der Waals surface area contributed by atoms with Gasteiger partial charge in [0, 0.05) is 26.1 Å². The Bertz CT molecular complexity index is 513. The van der Waals surface area contributed by atoms with Crippen LogP contribution in [0.25, 0.3) is 0 Å². The van der Waals surface area contributed by atoms with Crippen LogP contribution < -0.4 is 5.32 Å². The lowest BCUT2D eigenvalue weighted by atomic mass is 10.3. The van der Waals surface area contributed by atoms with E-state index < -0.39 is 17.1 Å². The van der Waals surface area contributed by atoms with Crippen LogP contribution in [0.3, 0.4) is 0 Å². The first kappa shape index (κ1) is 16.2. The number of carbonyl (C=O) groups is 3. The average molecular weight is 302 g/mol. The van der Waals surface area contributed by atoms with Crippen LogP contribution in [0.5, 0.6) is 0 Å². The molecule has 1 heterocycles. The molecule has 0 aliphatic heterocycles. The Morgan fingerprint density at radius 2 is 2.15 bits per heavy atom. The van der Waals surface area contributed by atoms with Crippen molar-refractivity contribution in [2.75, 3.05) is 13.2 Å². The zero-order chi connectivity index (χ0) is 15.1. The number of aryl methyl sites for hydroxylation is 1. The third kappa shape index (κ3) is 4.65. The molecule has 0 atom stereocenters. The average Bonchev–Trinajstić information content (AvgIpc) is 2.76. The smallest absolute Gasteiger partial charge is 0.356 e. The zero-order valence-corrected chi connectivity index (χ0v) is 12.1. The van der Waals surface area contributed by atoms with E-state index in [1.54, 1.807) is 14.0 Å². The highest BCUT2D eigenvalue weighted by atomic mass is 35.5. The van der Waals surface area contributed by atoms with E-state index in [0.717, 1.165) is 0 Å². The molecule has 7 nitrogen and oxygen atoms in total.